The van der Waals surface area contributed by atoms with E-state index >= 15 is 0 Å². The number of benzene rings is 2. The Labute approximate surface area is 207 Å². The number of aliphatic hydroxyl groups is 1. The van der Waals surface area contributed by atoms with Crippen molar-refractivity contribution in [2.45, 2.75) is 25.9 Å². The Morgan fingerprint density at radius 2 is 1.94 bits per heavy atom. The molecule has 4 heterocycles. The Bertz CT molecular complexity index is 1600. The normalized spacial score (nSPS) is 17.7. The zero-order valence-corrected chi connectivity index (χ0v) is 20.3. The molecular weight excluding hydrogens is 456 g/mol. The van der Waals surface area contributed by atoms with Crippen LogP contribution in [0.2, 0.25) is 0 Å². The monoisotopic (exact) mass is 482 g/mol. The van der Waals surface area contributed by atoms with Crippen LogP contribution in [0.3, 0.4) is 0 Å². The van der Waals surface area contributed by atoms with Crippen LogP contribution in [0, 0.1) is 6.92 Å². The Hall–Kier alpha value is -4.31. The molecule has 0 bridgehead atoms. The van der Waals surface area contributed by atoms with E-state index in [1.54, 1.807) is 12.5 Å². The summed E-state index contributed by atoms with van der Waals surface area (Å²) >= 11 is 0. The fraction of sp³-hybridized carbons (Fsp3) is 0.269. The van der Waals surface area contributed by atoms with Gasteiger partial charge in [0, 0.05) is 31.9 Å². The van der Waals surface area contributed by atoms with E-state index in [9.17, 15) is 5.11 Å². The molecule has 10 nitrogen and oxygen atoms in total. The first-order valence-corrected chi connectivity index (χ1v) is 11.8. The van der Waals surface area contributed by atoms with Gasteiger partial charge in [-0.1, -0.05) is 0 Å². The molecule has 36 heavy (non-hydrogen) atoms. The van der Waals surface area contributed by atoms with E-state index in [2.05, 4.69) is 25.3 Å². The molecule has 10 heteroatoms. The lowest BCUT2D eigenvalue weighted by molar-refractivity contribution is 0.0838. The molecule has 3 aromatic heterocycles. The van der Waals surface area contributed by atoms with Gasteiger partial charge in [-0.25, -0.2) is 24.9 Å². The van der Waals surface area contributed by atoms with Crippen molar-refractivity contribution in [2.75, 3.05) is 23.3 Å². The number of nitrogens with zero attached hydrogens (tertiary/aromatic N) is 7. The van der Waals surface area contributed by atoms with Crippen LogP contribution in [0.25, 0.3) is 22.1 Å². The van der Waals surface area contributed by atoms with Gasteiger partial charge in [0.15, 0.2) is 5.82 Å². The summed E-state index contributed by atoms with van der Waals surface area (Å²) in [5.41, 5.74) is 4.29. The van der Waals surface area contributed by atoms with Crippen LogP contribution in [0.15, 0.2) is 55.2 Å². The lowest BCUT2D eigenvalue weighted by atomic mass is 10.1. The molecule has 1 fully saturated rings. The highest BCUT2D eigenvalue weighted by Crippen LogP contribution is 2.31. The molecule has 0 aliphatic carbocycles. The van der Waals surface area contributed by atoms with Gasteiger partial charge < -0.3 is 24.6 Å². The lowest BCUT2D eigenvalue weighted by Gasteiger charge is -2.19. The van der Waals surface area contributed by atoms with Crippen LogP contribution in [-0.2, 0) is 7.05 Å². The second kappa shape index (κ2) is 8.42. The molecule has 6 rings (SSSR count). The van der Waals surface area contributed by atoms with Crippen molar-refractivity contribution in [3.63, 3.8) is 0 Å². The molecular formula is C26H26N8O2. The largest absolute Gasteiger partial charge is 0.457 e. The summed E-state index contributed by atoms with van der Waals surface area (Å²) in [6, 6.07) is 11.8. The summed E-state index contributed by atoms with van der Waals surface area (Å²) in [5, 5.41) is 13.7. The third-order valence-electron chi connectivity index (χ3n) is 6.46. The van der Waals surface area contributed by atoms with Gasteiger partial charge in [0.25, 0.3) is 0 Å². The molecule has 0 radical (unpaired) electrons. The SMILES string of the molecule is Cc1cc(Nc2ncnc3cnc(N4CC[C@](C)(O)C4)nc23)ccc1Oc1ccc2c(c1)ncn2C. The van der Waals surface area contributed by atoms with E-state index in [4.69, 9.17) is 9.72 Å². The highest BCUT2D eigenvalue weighted by Gasteiger charge is 2.32. The minimum Gasteiger partial charge on any atom is -0.457 e. The number of hydrogen-bond donors (Lipinski definition) is 2. The average molecular weight is 483 g/mol. The molecule has 1 atom stereocenters. The van der Waals surface area contributed by atoms with Gasteiger partial charge in [-0.2, -0.15) is 0 Å². The molecule has 1 aliphatic rings. The average Bonchev–Trinajstić information content (AvgIpc) is 3.42. The minimum atomic E-state index is -0.739. The van der Waals surface area contributed by atoms with Crippen molar-refractivity contribution < 1.29 is 9.84 Å². The highest BCUT2D eigenvalue weighted by molar-refractivity contribution is 5.87. The first-order valence-electron chi connectivity index (χ1n) is 11.8. The van der Waals surface area contributed by atoms with E-state index in [0.29, 0.717) is 42.3 Å². The number of β-amino-alcohol motifs (C(OH)–C–C–N with tert-alkyl or cyclic N) is 1. The summed E-state index contributed by atoms with van der Waals surface area (Å²) in [7, 11) is 1.97. The number of aryl methyl sites for hydroxylation is 2. The zero-order valence-electron chi connectivity index (χ0n) is 20.3. The lowest BCUT2D eigenvalue weighted by Crippen LogP contribution is -2.30. The van der Waals surface area contributed by atoms with Crippen LogP contribution in [0.1, 0.15) is 18.9 Å². The third kappa shape index (κ3) is 4.16. The van der Waals surface area contributed by atoms with Crippen LogP contribution in [-0.4, -0.2) is 53.3 Å². The maximum Gasteiger partial charge on any atom is 0.226 e. The zero-order chi connectivity index (χ0) is 24.9. The van der Waals surface area contributed by atoms with Gasteiger partial charge in [-0.05, 0) is 56.2 Å². The molecule has 2 aromatic carbocycles. The number of rotatable bonds is 5. The summed E-state index contributed by atoms with van der Waals surface area (Å²) in [6.45, 7) is 5.01. The fourth-order valence-corrected chi connectivity index (χ4v) is 4.49. The fourth-order valence-electron chi connectivity index (χ4n) is 4.49. The van der Waals surface area contributed by atoms with Crippen LogP contribution >= 0.6 is 0 Å². The molecule has 1 aliphatic heterocycles. The minimum absolute atomic E-state index is 0.489. The number of imidazole rings is 1. The number of aromatic nitrogens is 6. The molecule has 0 saturated carbocycles. The standard InChI is InChI=1S/C26H26N8O2/c1-16-10-17(4-7-22(16)36-18-5-6-21-19(11-18)30-15-33(21)3)31-24-23-20(28-14-29-24)12-27-25(32-23)34-9-8-26(2,35)13-34/h4-7,10-12,14-15,35H,8-9,13H2,1-3H3,(H,28,29,31)/t26-/m0/s1. The quantitative estimate of drug-likeness (QED) is 0.382. The molecule has 0 amide bonds. The van der Waals surface area contributed by atoms with E-state index in [0.717, 1.165) is 33.8 Å². The van der Waals surface area contributed by atoms with Crippen molar-refractivity contribution in [2.24, 2.45) is 7.05 Å². The summed E-state index contributed by atoms with van der Waals surface area (Å²) in [6.07, 6.45) is 5.65. The maximum atomic E-state index is 10.3. The molecule has 5 aromatic rings. The number of nitrogens with one attached hydrogen (secondary N) is 1. The predicted octanol–water partition coefficient (Wildman–Crippen LogP) is 4.11. The van der Waals surface area contributed by atoms with Gasteiger partial charge in [0.1, 0.15) is 28.9 Å². The number of fused-ring (bicyclic) bond motifs is 2. The van der Waals surface area contributed by atoms with Gasteiger partial charge in [0.05, 0.1) is 29.2 Å². The summed E-state index contributed by atoms with van der Waals surface area (Å²) in [5.74, 6) is 2.64. The first kappa shape index (κ1) is 22.2. The number of anilines is 3. The third-order valence-corrected chi connectivity index (χ3v) is 6.46. The van der Waals surface area contributed by atoms with Gasteiger partial charge in [0.2, 0.25) is 5.95 Å². The van der Waals surface area contributed by atoms with Crippen LogP contribution in [0.4, 0.5) is 17.5 Å². The van der Waals surface area contributed by atoms with E-state index < -0.39 is 5.60 Å². The van der Waals surface area contributed by atoms with Crippen LogP contribution < -0.4 is 15.0 Å². The van der Waals surface area contributed by atoms with Gasteiger partial charge in [-0.15, -0.1) is 0 Å². The van der Waals surface area contributed by atoms with Crippen LogP contribution in [0.5, 0.6) is 11.5 Å². The number of ether oxygens (including phenoxy) is 1. The van der Waals surface area contributed by atoms with Gasteiger partial charge in [-0.3, -0.25) is 0 Å². The van der Waals surface area contributed by atoms with Crippen molar-refractivity contribution in [3.8, 4) is 11.5 Å². The molecule has 182 valence electrons. The van der Waals surface area contributed by atoms with Crippen molar-refractivity contribution in [1.82, 2.24) is 29.5 Å². The Kier molecular flexibility index (Phi) is 5.18. The Balaban J connectivity index is 1.25. The summed E-state index contributed by atoms with van der Waals surface area (Å²) < 4.78 is 8.12. The number of hydrogen-bond acceptors (Lipinski definition) is 9. The summed E-state index contributed by atoms with van der Waals surface area (Å²) in [4.78, 5) is 24.3. The van der Waals surface area contributed by atoms with Crippen molar-refractivity contribution >= 4 is 39.5 Å². The van der Waals surface area contributed by atoms with Gasteiger partial charge >= 0.3 is 0 Å². The van der Waals surface area contributed by atoms with E-state index in [1.165, 1.54) is 6.33 Å². The van der Waals surface area contributed by atoms with E-state index in [1.807, 2.05) is 66.8 Å². The van der Waals surface area contributed by atoms with Crippen molar-refractivity contribution in [3.05, 3.63) is 60.8 Å². The highest BCUT2D eigenvalue weighted by atomic mass is 16.5. The smallest absolute Gasteiger partial charge is 0.226 e. The second-order valence-corrected chi connectivity index (χ2v) is 9.51. The topological polar surface area (TPSA) is 114 Å². The Morgan fingerprint density at radius 3 is 2.75 bits per heavy atom. The Morgan fingerprint density at radius 1 is 1.06 bits per heavy atom. The molecule has 1 saturated heterocycles. The predicted molar refractivity (Wildman–Crippen MR) is 138 cm³/mol. The molecule has 2 N–H and O–H groups in total. The maximum absolute atomic E-state index is 10.3. The van der Waals surface area contributed by atoms with E-state index in [-0.39, 0.29) is 0 Å². The molecule has 0 spiro atoms. The molecule has 0 unspecified atom stereocenters. The first-order chi connectivity index (χ1) is 17.3. The van der Waals surface area contributed by atoms with Crippen molar-refractivity contribution in [1.29, 1.82) is 0 Å². The second-order valence-electron chi connectivity index (χ2n) is 9.51.